The molecular weight excluding hydrogens is 299 g/mol. The minimum atomic E-state index is -0.602. The van der Waals surface area contributed by atoms with Gasteiger partial charge in [-0.15, -0.1) is 0 Å². The number of phenols is 2. The molecule has 0 aliphatic carbocycles. The number of carbonyl (C=O) groups is 1. The molecule has 0 aromatic heterocycles. The number of phenolic OH excluding ortho intramolecular Hbond substituents is 2. The summed E-state index contributed by atoms with van der Waals surface area (Å²) < 4.78 is 18.9. The maximum absolute atomic E-state index is 13.7. The first-order chi connectivity index (χ1) is 9.99. The molecule has 4 nitrogen and oxygen atoms in total. The van der Waals surface area contributed by atoms with E-state index in [9.17, 15) is 19.4 Å². The molecule has 0 saturated carbocycles. The molecule has 6 heteroatoms. The van der Waals surface area contributed by atoms with E-state index in [1.165, 1.54) is 30.3 Å². The van der Waals surface area contributed by atoms with Crippen LogP contribution in [0, 0.1) is 5.82 Å². The van der Waals surface area contributed by atoms with Crippen molar-refractivity contribution in [2.45, 2.75) is 0 Å². The van der Waals surface area contributed by atoms with E-state index in [4.69, 9.17) is 16.3 Å². The van der Waals surface area contributed by atoms with Gasteiger partial charge in [0.1, 0.15) is 5.82 Å². The fourth-order valence-corrected chi connectivity index (χ4v) is 2.22. The quantitative estimate of drug-likeness (QED) is 0.625. The Hall–Kier alpha value is -2.53. The van der Waals surface area contributed by atoms with Crippen LogP contribution in [0.3, 0.4) is 0 Å². The fraction of sp³-hybridized carbons (Fsp3) is 0. The Balaban J connectivity index is 2.10. The molecule has 2 N–H and O–H groups in total. The number of carbonyl (C=O) groups excluding carboxylic acids is 1. The molecule has 1 aliphatic rings. The van der Waals surface area contributed by atoms with E-state index >= 15 is 0 Å². The van der Waals surface area contributed by atoms with E-state index in [2.05, 4.69) is 0 Å². The molecule has 1 heterocycles. The molecule has 2 aromatic rings. The lowest BCUT2D eigenvalue weighted by Crippen LogP contribution is -1.99. The van der Waals surface area contributed by atoms with E-state index in [1.54, 1.807) is 0 Å². The van der Waals surface area contributed by atoms with Gasteiger partial charge in [-0.1, -0.05) is 17.7 Å². The van der Waals surface area contributed by atoms with Gasteiger partial charge in [0.2, 0.25) is 11.5 Å². The molecule has 0 unspecified atom stereocenters. The third kappa shape index (κ3) is 2.11. The van der Waals surface area contributed by atoms with Gasteiger partial charge < -0.3 is 14.9 Å². The van der Waals surface area contributed by atoms with Gasteiger partial charge in [0.05, 0.1) is 10.6 Å². The number of aromatic hydroxyl groups is 2. The Kier molecular flexibility index (Phi) is 3.07. The second-order valence-electron chi connectivity index (χ2n) is 4.39. The first-order valence-corrected chi connectivity index (χ1v) is 6.30. The summed E-state index contributed by atoms with van der Waals surface area (Å²) in [4.78, 5) is 12.1. The van der Waals surface area contributed by atoms with Crippen LogP contribution >= 0.6 is 11.6 Å². The van der Waals surface area contributed by atoms with Crippen molar-refractivity contribution in [3.8, 4) is 17.2 Å². The zero-order valence-corrected chi connectivity index (χ0v) is 11.2. The standard InChI is InChI=1S/C15H8ClFO4/c16-9-2-1-3-10(17)8(9)6-12-13(19)7-4-5-11(18)14(20)15(7)21-12/h1-6,18,20H. The Morgan fingerprint density at radius 1 is 1.19 bits per heavy atom. The van der Waals surface area contributed by atoms with Crippen molar-refractivity contribution < 1.29 is 24.1 Å². The number of hydrogen-bond donors (Lipinski definition) is 2. The molecule has 106 valence electrons. The van der Waals surface area contributed by atoms with Crippen LogP contribution in [0.15, 0.2) is 36.1 Å². The van der Waals surface area contributed by atoms with E-state index in [0.717, 1.165) is 6.08 Å². The molecule has 0 saturated heterocycles. The molecule has 0 amide bonds. The van der Waals surface area contributed by atoms with Crippen molar-refractivity contribution in [1.29, 1.82) is 0 Å². The second kappa shape index (κ2) is 4.79. The molecular formula is C15H8ClFO4. The highest BCUT2D eigenvalue weighted by Gasteiger charge is 2.31. The van der Waals surface area contributed by atoms with Crippen LogP contribution in [0.1, 0.15) is 15.9 Å². The van der Waals surface area contributed by atoms with Crippen molar-refractivity contribution in [3.63, 3.8) is 0 Å². The number of fused-ring (bicyclic) bond motifs is 1. The average Bonchev–Trinajstić information content (AvgIpc) is 2.76. The number of halogens is 2. The van der Waals surface area contributed by atoms with Crippen molar-refractivity contribution in [2.75, 3.05) is 0 Å². The lowest BCUT2D eigenvalue weighted by atomic mass is 10.1. The number of benzene rings is 2. The van der Waals surface area contributed by atoms with Crippen molar-refractivity contribution in [1.82, 2.24) is 0 Å². The fourth-order valence-electron chi connectivity index (χ4n) is 2.01. The highest BCUT2D eigenvalue weighted by molar-refractivity contribution is 6.32. The molecule has 3 rings (SSSR count). The van der Waals surface area contributed by atoms with Gasteiger partial charge in [-0.05, 0) is 30.3 Å². The molecule has 21 heavy (non-hydrogen) atoms. The summed E-state index contributed by atoms with van der Waals surface area (Å²) >= 11 is 5.88. The molecule has 0 fully saturated rings. The maximum Gasteiger partial charge on any atom is 0.232 e. The lowest BCUT2D eigenvalue weighted by molar-refractivity contribution is 0.101. The average molecular weight is 307 g/mol. The minimum absolute atomic E-state index is 0.0130. The number of rotatable bonds is 1. The Morgan fingerprint density at radius 2 is 1.95 bits per heavy atom. The van der Waals surface area contributed by atoms with Gasteiger partial charge in [-0.2, -0.15) is 0 Å². The first-order valence-electron chi connectivity index (χ1n) is 5.92. The molecule has 1 aliphatic heterocycles. The summed E-state index contributed by atoms with van der Waals surface area (Å²) in [6.07, 6.45) is 1.16. The van der Waals surface area contributed by atoms with Gasteiger partial charge >= 0.3 is 0 Å². The lowest BCUT2D eigenvalue weighted by Gasteiger charge is -2.03. The number of ketones is 1. The van der Waals surface area contributed by atoms with Gasteiger partial charge in [-0.25, -0.2) is 4.39 Å². The number of allylic oxidation sites excluding steroid dienone is 1. The monoisotopic (exact) mass is 306 g/mol. The Labute approximate surface area is 123 Å². The van der Waals surface area contributed by atoms with Gasteiger partial charge in [0.25, 0.3) is 0 Å². The van der Waals surface area contributed by atoms with Crippen LogP contribution in [-0.2, 0) is 0 Å². The van der Waals surface area contributed by atoms with Gasteiger partial charge in [0.15, 0.2) is 17.3 Å². The highest BCUT2D eigenvalue weighted by Crippen LogP contribution is 2.44. The predicted molar refractivity (Wildman–Crippen MR) is 74.1 cm³/mol. The third-order valence-electron chi connectivity index (χ3n) is 3.07. The van der Waals surface area contributed by atoms with Crippen LogP contribution < -0.4 is 4.74 Å². The Bertz CT molecular complexity index is 778. The van der Waals surface area contributed by atoms with E-state index in [1.807, 2.05) is 0 Å². The number of hydrogen-bond acceptors (Lipinski definition) is 4. The molecule has 0 bridgehead atoms. The molecule has 0 radical (unpaired) electrons. The van der Waals surface area contributed by atoms with Crippen LogP contribution in [-0.4, -0.2) is 16.0 Å². The zero-order valence-electron chi connectivity index (χ0n) is 10.4. The zero-order chi connectivity index (χ0) is 15.1. The topological polar surface area (TPSA) is 66.8 Å². The predicted octanol–water partition coefficient (Wildman–Crippen LogP) is 3.51. The van der Waals surface area contributed by atoms with E-state index in [0.29, 0.717) is 0 Å². The Morgan fingerprint density at radius 3 is 2.67 bits per heavy atom. The summed E-state index contributed by atoms with van der Waals surface area (Å²) in [7, 11) is 0. The summed E-state index contributed by atoms with van der Waals surface area (Å²) in [6, 6.07) is 6.61. The van der Waals surface area contributed by atoms with Gasteiger partial charge in [-0.3, -0.25) is 4.79 Å². The molecule has 0 spiro atoms. The van der Waals surface area contributed by atoms with E-state index in [-0.39, 0.29) is 27.7 Å². The summed E-state index contributed by atoms with van der Waals surface area (Å²) in [5.74, 6) is -2.42. The van der Waals surface area contributed by atoms with Crippen LogP contribution in [0.2, 0.25) is 5.02 Å². The highest BCUT2D eigenvalue weighted by atomic mass is 35.5. The maximum atomic E-state index is 13.7. The summed E-state index contributed by atoms with van der Waals surface area (Å²) in [5, 5.41) is 19.2. The number of ether oxygens (including phenoxy) is 1. The first kappa shape index (κ1) is 13.5. The SMILES string of the molecule is O=C1C(=Cc2c(F)cccc2Cl)Oc2c1ccc(O)c2O. The van der Waals surface area contributed by atoms with Gasteiger partial charge in [0, 0.05) is 5.56 Å². The summed E-state index contributed by atoms with van der Waals surface area (Å²) in [6.45, 7) is 0. The largest absolute Gasteiger partial charge is 0.504 e. The molecule has 2 aromatic carbocycles. The molecule has 0 atom stereocenters. The van der Waals surface area contributed by atoms with E-state index < -0.39 is 23.1 Å². The normalized spacial score (nSPS) is 15.1. The number of Topliss-reactive ketones (excluding diaryl/α,β-unsaturated/α-hetero) is 1. The second-order valence-corrected chi connectivity index (χ2v) is 4.79. The summed E-state index contributed by atoms with van der Waals surface area (Å²) in [5.41, 5.74) is 0.100. The van der Waals surface area contributed by atoms with Crippen LogP contribution in [0.4, 0.5) is 4.39 Å². The minimum Gasteiger partial charge on any atom is -0.504 e. The smallest absolute Gasteiger partial charge is 0.232 e. The van der Waals surface area contributed by atoms with Crippen LogP contribution in [0.25, 0.3) is 6.08 Å². The third-order valence-corrected chi connectivity index (χ3v) is 3.40. The van der Waals surface area contributed by atoms with Crippen molar-refractivity contribution in [2.24, 2.45) is 0 Å². The van der Waals surface area contributed by atoms with Crippen molar-refractivity contribution >= 4 is 23.5 Å². The van der Waals surface area contributed by atoms with Crippen LogP contribution in [0.5, 0.6) is 17.2 Å². The van der Waals surface area contributed by atoms with Crippen molar-refractivity contribution in [3.05, 3.63) is 58.1 Å².